The molecule has 0 spiro atoms. The summed E-state index contributed by atoms with van der Waals surface area (Å²) in [5, 5.41) is 0.0483. The zero-order valence-electron chi connectivity index (χ0n) is 13.6. The Labute approximate surface area is 157 Å². The van der Waals surface area contributed by atoms with Crippen LogP contribution in [0.4, 0.5) is 10.1 Å². The smallest absolute Gasteiger partial charge is 0.355 e. The summed E-state index contributed by atoms with van der Waals surface area (Å²) in [6, 6.07) is 1.13. The van der Waals surface area contributed by atoms with Gasteiger partial charge in [-0.1, -0.05) is 17.7 Å². The van der Waals surface area contributed by atoms with E-state index < -0.39 is 17.8 Å². The molecule has 0 amide bonds. The number of carbonyl (C=O) groups is 2. The number of methoxy groups -OCH3 is 2. The first-order valence-electron chi connectivity index (χ1n) is 7.02. The van der Waals surface area contributed by atoms with Crippen molar-refractivity contribution in [3.8, 4) is 0 Å². The molecule has 0 aliphatic carbocycles. The van der Waals surface area contributed by atoms with E-state index in [4.69, 9.17) is 21.1 Å². The molecule has 0 saturated heterocycles. The molecule has 1 aliphatic heterocycles. The van der Waals surface area contributed by atoms with Gasteiger partial charge in [-0.3, -0.25) is 0 Å². The third-order valence-corrected chi connectivity index (χ3v) is 4.76. The number of rotatable bonds is 3. The van der Waals surface area contributed by atoms with Gasteiger partial charge in [0.2, 0.25) is 0 Å². The number of allylic oxidation sites excluding steroid dienone is 2. The number of hydrogen-bond donors (Lipinski definition) is 0. The SMILES string of the molecule is COC(=O)C1=C(C(=O)OC)N(c2c(Cl)cc(F)c(C)c2Br)C=CC=C1. The summed E-state index contributed by atoms with van der Waals surface area (Å²) in [6.07, 6.45) is 6.10. The van der Waals surface area contributed by atoms with Crippen LogP contribution < -0.4 is 4.90 Å². The minimum Gasteiger partial charge on any atom is -0.465 e. The van der Waals surface area contributed by atoms with Gasteiger partial charge in [-0.05, 0) is 41.1 Å². The molecule has 132 valence electrons. The number of anilines is 1. The maximum absolute atomic E-state index is 13.9. The third-order valence-electron chi connectivity index (χ3n) is 3.51. The van der Waals surface area contributed by atoms with Crippen molar-refractivity contribution < 1.29 is 23.5 Å². The van der Waals surface area contributed by atoms with Crippen LogP contribution in [0.2, 0.25) is 5.02 Å². The predicted molar refractivity (Wildman–Crippen MR) is 95.7 cm³/mol. The number of esters is 2. The van der Waals surface area contributed by atoms with Crippen molar-refractivity contribution >= 4 is 45.2 Å². The second-order valence-corrected chi connectivity index (χ2v) is 6.14. The largest absolute Gasteiger partial charge is 0.465 e. The highest BCUT2D eigenvalue weighted by Gasteiger charge is 2.30. The van der Waals surface area contributed by atoms with E-state index in [0.717, 1.165) is 6.07 Å². The van der Waals surface area contributed by atoms with Gasteiger partial charge in [0.05, 0.1) is 30.5 Å². The van der Waals surface area contributed by atoms with Crippen molar-refractivity contribution in [3.63, 3.8) is 0 Å². The van der Waals surface area contributed by atoms with Crippen molar-refractivity contribution in [1.82, 2.24) is 0 Å². The summed E-state index contributed by atoms with van der Waals surface area (Å²) in [5.74, 6) is -2.01. The fraction of sp³-hybridized carbons (Fsp3) is 0.176. The predicted octanol–water partition coefficient (Wildman–Crippen LogP) is 4.04. The van der Waals surface area contributed by atoms with Crippen molar-refractivity contribution in [2.45, 2.75) is 6.92 Å². The Balaban J connectivity index is 2.81. The first-order chi connectivity index (χ1) is 11.8. The summed E-state index contributed by atoms with van der Waals surface area (Å²) >= 11 is 9.52. The summed E-state index contributed by atoms with van der Waals surface area (Å²) in [5.41, 5.74) is 0.466. The van der Waals surface area contributed by atoms with E-state index in [-0.39, 0.29) is 16.3 Å². The van der Waals surface area contributed by atoms with Gasteiger partial charge in [0.1, 0.15) is 11.5 Å². The van der Waals surface area contributed by atoms with Gasteiger partial charge in [0, 0.05) is 16.2 Å². The van der Waals surface area contributed by atoms with E-state index in [0.29, 0.717) is 15.7 Å². The Hall–Kier alpha value is -2.12. The molecular weight excluding hydrogens is 417 g/mol. The Morgan fingerprint density at radius 3 is 2.44 bits per heavy atom. The van der Waals surface area contributed by atoms with Gasteiger partial charge >= 0.3 is 11.9 Å². The van der Waals surface area contributed by atoms with E-state index in [9.17, 15) is 14.0 Å². The van der Waals surface area contributed by atoms with Crippen LogP contribution in [0, 0.1) is 12.7 Å². The first kappa shape index (κ1) is 19.2. The van der Waals surface area contributed by atoms with Crippen LogP contribution in [0.15, 0.2) is 46.2 Å². The number of hydrogen-bond acceptors (Lipinski definition) is 5. The molecule has 0 bridgehead atoms. The molecule has 0 aromatic heterocycles. The summed E-state index contributed by atoms with van der Waals surface area (Å²) in [7, 11) is 2.39. The van der Waals surface area contributed by atoms with Gasteiger partial charge in [-0.2, -0.15) is 0 Å². The highest BCUT2D eigenvalue weighted by atomic mass is 79.9. The van der Waals surface area contributed by atoms with Crippen LogP contribution in [0.25, 0.3) is 0 Å². The molecular formula is C17H14BrClFNO4. The summed E-state index contributed by atoms with van der Waals surface area (Å²) in [6.45, 7) is 1.56. The molecule has 1 aromatic carbocycles. The van der Waals surface area contributed by atoms with Crippen LogP contribution in [-0.4, -0.2) is 26.2 Å². The van der Waals surface area contributed by atoms with Crippen LogP contribution >= 0.6 is 27.5 Å². The van der Waals surface area contributed by atoms with Crippen LogP contribution in [0.1, 0.15) is 5.56 Å². The Morgan fingerprint density at radius 1 is 1.20 bits per heavy atom. The van der Waals surface area contributed by atoms with Crippen molar-refractivity contribution in [1.29, 1.82) is 0 Å². The van der Waals surface area contributed by atoms with Gasteiger partial charge in [0.25, 0.3) is 0 Å². The molecule has 25 heavy (non-hydrogen) atoms. The molecule has 8 heteroatoms. The standard InChI is InChI=1S/C17H14BrClFNO4/c1-9-12(20)8-11(19)15(13(9)18)21-7-5-4-6-10(16(22)24-2)14(21)17(23)25-3/h4-8H,1-3H3. The minimum atomic E-state index is -0.776. The van der Waals surface area contributed by atoms with Crippen LogP contribution in [0.3, 0.4) is 0 Å². The normalized spacial score (nSPS) is 13.8. The zero-order valence-corrected chi connectivity index (χ0v) is 15.9. The van der Waals surface area contributed by atoms with E-state index in [2.05, 4.69) is 15.9 Å². The Bertz CT molecular complexity index is 832. The average Bonchev–Trinajstić information content (AvgIpc) is 2.81. The van der Waals surface area contributed by atoms with E-state index >= 15 is 0 Å². The second-order valence-electron chi connectivity index (χ2n) is 4.94. The molecule has 0 N–H and O–H groups in total. The molecule has 1 aromatic rings. The Morgan fingerprint density at radius 2 is 1.84 bits per heavy atom. The molecule has 2 rings (SSSR count). The number of halogens is 3. The lowest BCUT2D eigenvalue weighted by molar-refractivity contribution is -0.139. The number of carbonyl (C=O) groups excluding carboxylic acids is 2. The van der Waals surface area contributed by atoms with Gasteiger partial charge in [0.15, 0.2) is 0 Å². The molecule has 1 heterocycles. The number of nitrogens with zero attached hydrogens (tertiary/aromatic N) is 1. The monoisotopic (exact) mass is 429 g/mol. The van der Waals surface area contributed by atoms with E-state index in [1.54, 1.807) is 19.1 Å². The minimum absolute atomic E-state index is 0.0238. The highest BCUT2D eigenvalue weighted by molar-refractivity contribution is 9.10. The maximum atomic E-state index is 13.9. The lowest BCUT2D eigenvalue weighted by atomic mass is 10.1. The van der Waals surface area contributed by atoms with Gasteiger partial charge in [-0.15, -0.1) is 0 Å². The zero-order chi connectivity index (χ0) is 18.7. The Kier molecular flexibility index (Phi) is 6.02. The number of benzene rings is 1. The lowest BCUT2D eigenvalue weighted by Crippen LogP contribution is -2.27. The second kappa shape index (κ2) is 7.84. The molecule has 0 atom stereocenters. The molecule has 0 unspecified atom stereocenters. The average molecular weight is 431 g/mol. The van der Waals surface area contributed by atoms with Gasteiger partial charge < -0.3 is 14.4 Å². The fourth-order valence-corrected chi connectivity index (χ4v) is 3.22. The van der Waals surface area contributed by atoms with Crippen molar-refractivity contribution in [2.24, 2.45) is 0 Å². The van der Waals surface area contributed by atoms with E-state index in [1.165, 1.54) is 31.4 Å². The molecule has 0 radical (unpaired) electrons. The molecule has 5 nitrogen and oxygen atoms in total. The van der Waals surface area contributed by atoms with Crippen molar-refractivity contribution in [3.05, 3.63) is 62.6 Å². The topological polar surface area (TPSA) is 55.8 Å². The summed E-state index contributed by atoms with van der Waals surface area (Å²) < 4.78 is 23.8. The molecule has 0 saturated carbocycles. The highest BCUT2D eigenvalue weighted by Crippen LogP contribution is 2.41. The van der Waals surface area contributed by atoms with Gasteiger partial charge in [-0.25, -0.2) is 14.0 Å². The first-order valence-corrected chi connectivity index (χ1v) is 8.19. The van der Waals surface area contributed by atoms with Crippen LogP contribution in [-0.2, 0) is 19.1 Å². The van der Waals surface area contributed by atoms with Crippen LogP contribution in [0.5, 0.6) is 0 Å². The third kappa shape index (κ3) is 3.62. The maximum Gasteiger partial charge on any atom is 0.355 e. The van der Waals surface area contributed by atoms with Crippen molar-refractivity contribution in [2.75, 3.05) is 19.1 Å². The van der Waals surface area contributed by atoms with E-state index in [1.807, 2.05) is 0 Å². The molecule has 0 fully saturated rings. The quantitative estimate of drug-likeness (QED) is 0.678. The summed E-state index contributed by atoms with van der Waals surface area (Å²) in [4.78, 5) is 25.9. The fourth-order valence-electron chi connectivity index (χ4n) is 2.23. The lowest BCUT2D eigenvalue weighted by Gasteiger charge is -2.26. The molecule has 1 aliphatic rings. The number of ether oxygens (including phenoxy) is 2.